The van der Waals surface area contributed by atoms with Crippen molar-refractivity contribution in [1.82, 2.24) is 0 Å². The van der Waals surface area contributed by atoms with E-state index in [1.807, 2.05) is 13.8 Å². The standard InChI is InChI=1S/C4H10O.Bi.ClH.3H/c1-3-5-4-2;;;;;/h3-4H2,1-2H3;;1H;;;. The van der Waals surface area contributed by atoms with Gasteiger partial charge in [0.15, 0.2) is 0 Å². The second-order valence-electron chi connectivity index (χ2n) is 0.781. The molecular formula is C4H14BiClO. The molecule has 0 radical (unpaired) electrons. The van der Waals surface area contributed by atoms with Crippen molar-refractivity contribution >= 4 is 38.6 Å². The van der Waals surface area contributed by atoms with E-state index < -0.39 is 0 Å². The third-order valence-corrected chi connectivity index (χ3v) is 0.408. The summed E-state index contributed by atoms with van der Waals surface area (Å²) in [5.74, 6) is 0. The zero-order chi connectivity index (χ0) is 4.12. The van der Waals surface area contributed by atoms with Crippen molar-refractivity contribution < 1.29 is 4.74 Å². The second kappa shape index (κ2) is 15.7. The molecule has 0 heterocycles. The first kappa shape index (κ1) is 15.7. The van der Waals surface area contributed by atoms with Crippen LogP contribution < -0.4 is 0 Å². The first-order chi connectivity index (χ1) is 2.41. The van der Waals surface area contributed by atoms with Gasteiger partial charge in [-0.2, -0.15) is 0 Å². The molecule has 0 saturated carbocycles. The minimum atomic E-state index is 0. The number of hydrogen-bond donors (Lipinski definition) is 0. The monoisotopic (exact) mass is 322 g/mol. The normalized spacial score (nSPS) is 6.00. The molecule has 0 saturated heterocycles. The van der Waals surface area contributed by atoms with E-state index >= 15 is 0 Å². The third kappa shape index (κ3) is 19.1. The molecule has 0 aromatic heterocycles. The summed E-state index contributed by atoms with van der Waals surface area (Å²) in [5, 5.41) is 0. The van der Waals surface area contributed by atoms with Crippen molar-refractivity contribution in [1.29, 1.82) is 0 Å². The average Bonchev–Trinajstić information content (AvgIpc) is 1.41. The van der Waals surface area contributed by atoms with Gasteiger partial charge in [-0.05, 0) is 13.8 Å². The predicted molar refractivity (Wildman–Crippen MR) is 39.4 cm³/mol. The van der Waals surface area contributed by atoms with Crippen LogP contribution in [0.5, 0.6) is 0 Å². The zero-order valence-corrected chi connectivity index (χ0v) is 11.3. The molecule has 0 aliphatic carbocycles. The van der Waals surface area contributed by atoms with Gasteiger partial charge in [0.05, 0.1) is 0 Å². The van der Waals surface area contributed by atoms with Gasteiger partial charge in [0.25, 0.3) is 0 Å². The van der Waals surface area contributed by atoms with Crippen molar-refractivity contribution in [3.63, 3.8) is 0 Å². The fraction of sp³-hybridized carbons (Fsp3) is 1.00. The van der Waals surface area contributed by atoms with E-state index in [4.69, 9.17) is 4.74 Å². The van der Waals surface area contributed by atoms with Crippen LogP contribution in [-0.4, -0.2) is 39.4 Å². The van der Waals surface area contributed by atoms with Crippen LogP contribution in [0.25, 0.3) is 0 Å². The summed E-state index contributed by atoms with van der Waals surface area (Å²) < 4.78 is 4.83. The third-order valence-electron chi connectivity index (χ3n) is 0.408. The Labute approximate surface area is 70.3 Å². The average molecular weight is 323 g/mol. The molecule has 0 aliphatic heterocycles. The minimum absolute atomic E-state index is 0. The van der Waals surface area contributed by atoms with E-state index in [0.717, 1.165) is 13.2 Å². The fourth-order valence-electron chi connectivity index (χ4n) is 0.204. The maximum atomic E-state index is 4.83. The van der Waals surface area contributed by atoms with E-state index in [1.54, 1.807) is 0 Å². The summed E-state index contributed by atoms with van der Waals surface area (Å²) in [6, 6.07) is 0. The van der Waals surface area contributed by atoms with Crippen molar-refractivity contribution in [2.75, 3.05) is 13.2 Å². The van der Waals surface area contributed by atoms with Gasteiger partial charge in [-0.3, -0.25) is 0 Å². The SMILES string of the molecule is CCOCC.Cl.[BiH3]. The van der Waals surface area contributed by atoms with Gasteiger partial charge in [-0.25, -0.2) is 0 Å². The number of hydrogen-bond acceptors (Lipinski definition) is 1. The van der Waals surface area contributed by atoms with Crippen molar-refractivity contribution in [3.05, 3.63) is 0 Å². The Morgan fingerprint density at radius 3 is 1.43 bits per heavy atom. The summed E-state index contributed by atoms with van der Waals surface area (Å²) in [5.41, 5.74) is 0. The van der Waals surface area contributed by atoms with Gasteiger partial charge >= 0.3 is 26.2 Å². The topological polar surface area (TPSA) is 9.23 Å². The van der Waals surface area contributed by atoms with Crippen LogP contribution in [0.15, 0.2) is 0 Å². The molecule has 0 bridgehead atoms. The molecule has 0 unspecified atom stereocenters. The molecule has 0 N–H and O–H groups in total. The molecule has 3 heteroatoms. The Morgan fingerprint density at radius 1 is 1.14 bits per heavy atom. The van der Waals surface area contributed by atoms with Crippen molar-refractivity contribution in [3.8, 4) is 0 Å². The van der Waals surface area contributed by atoms with E-state index in [0.29, 0.717) is 0 Å². The molecule has 0 atom stereocenters. The van der Waals surface area contributed by atoms with E-state index in [9.17, 15) is 0 Å². The van der Waals surface area contributed by atoms with Gasteiger partial charge in [-0.1, -0.05) is 0 Å². The van der Waals surface area contributed by atoms with Crippen LogP contribution in [0.4, 0.5) is 0 Å². The Balaban J connectivity index is -0.0000000800. The number of rotatable bonds is 2. The molecular weight excluding hydrogens is 308 g/mol. The number of ether oxygens (including phenoxy) is 1. The molecule has 1 nitrogen and oxygen atoms in total. The first-order valence-corrected chi connectivity index (χ1v) is 1.99. The molecule has 0 amide bonds. The van der Waals surface area contributed by atoms with Gasteiger partial charge in [0.2, 0.25) is 0 Å². The molecule has 0 aliphatic rings. The van der Waals surface area contributed by atoms with Crippen LogP contribution in [0.1, 0.15) is 13.8 Å². The zero-order valence-electron chi connectivity index (χ0n) is 4.94. The molecule has 0 spiro atoms. The van der Waals surface area contributed by atoms with E-state index in [1.165, 1.54) is 0 Å². The summed E-state index contributed by atoms with van der Waals surface area (Å²) >= 11 is 0. The van der Waals surface area contributed by atoms with Crippen molar-refractivity contribution in [2.24, 2.45) is 0 Å². The summed E-state index contributed by atoms with van der Waals surface area (Å²) in [7, 11) is 0. The van der Waals surface area contributed by atoms with Gasteiger partial charge in [0.1, 0.15) is 0 Å². The van der Waals surface area contributed by atoms with Crippen molar-refractivity contribution in [2.45, 2.75) is 13.8 Å². The van der Waals surface area contributed by atoms with Crippen LogP contribution in [-0.2, 0) is 4.74 Å². The summed E-state index contributed by atoms with van der Waals surface area (Å²) in [6.07, 6.45) is 0. The maximum absolute atomic E-state index is 4.83. The van der Waals surface area contributed by atoms with Gasteiger partial charge in [0, 0.05) is 13.2 Å². The summed E-state index contributed by atoms with van der Waals surface area (Å²) in [4.78, 5) is 0. The molecule has 0 fully saturated rings. The van der Waals surface area contributed by atoms with Crippen LogP contribution in [0, 0.1) is 0 Å². The fourth-order valence-corrected chi connectivity index (χ4v) is 0.204. The van der Waals surface area contributed by atoms with Gasteiger partial charge in [-0.15, -0.1) is 12.4 Å². The molecule has 0 rings (SSSR count). The second-order valence-corrected chi connectivity index (χ2v) is 0.781. The molecule has 0 aromatic rings. The molecule has 48 valence electrons. The Kier molecular flexibility index (Phi) is 35.2. The Bertz CT molecular complexity index is 19.2. The Hall–Kier alpha value is 1.13. The number of halogens is 1. The predicted octanol–water partition coefficient (Wildman–Crippen LogP) is 0.281. The van der Waals surface area contributed by atoms with Gasteiger partial charge < -0.3 is 4.74 Å². The quantitative estimate of drug-likeness (QED) is 0.664. The molecule has 0 aromatic carbocycles. The van der Waals surface area contributed by atoms with E-state index in [-0.39, 0.29) is 38.6 Å². The van der Waals surface area contributed by atoms with Crippen LogP contribution in [0.2, 0.25) is 0 Å². The summed E-state index contributed by atoms with van der Waals surface area (Å²) in [6.45, 7) is 5.67. The molecule has 7 heavy (non-hydrogen) atoms. The van der Waals surface area contributed by atoms with Crippen LogP contribution >= 0.6 is 12.4 Å². The van der Waals surface area contributed by atoms with E-state index in [2.05, 4.69) is 0 Å². The first-order valence-electron chi connectivity index (χ1n) is 1.99. The Morgan fingerprint density at radius 2 is 1.43 bits per heavy atom. The van der Waals surface area contributed by atoms with Crippen LogP contribution in [0.3, 0.4) is 0 Å².